The van der Waals surface area contributed by atoms with Crippen LogP contribution < -0.4 is 0 Å². The van der Waals surface area contributed by atoms with Crippen molar-refractivity contribution in [2.24, 2.45) is 0 Å². The molecule has 1 aromatic rings. The molecule has 0 saturated carbocycles. The smallest absolute Gasteiger partial charge is 0.410 e. The minimum absolute atomic E-state index is 0.0882. The van der Waals surface area contributed by atoms with Crippen molar-refractivity contribution in [3.63, 3.8) is 0 Å². The molecule has 0 radical (unpaired) electrons. The summed E-state index contributed by atoms with van der Waals surface area (Å²) in [5, 5.41) is 9.48. The highest BCUT2D eigenvalue weighted by Crippen LogP contribution is 2.19. The molecule has 0 aromatic heterocycles. The first kappa shape index (κ1) is 11.9. The Morgan fingerprint density at radius 3 is 2.74 bits per heavy atom. The van der Waals surface area contributed by atoms with Gasteiger partial charge in [0.1, 0.15) is 5.60 Å². The van der Waals surface area contributed by atoms with Gasteiger partial charge in [0.15, 0.2) is 0 Å². The van der Waals surface area contributed by atoms with Crippen LogP contribution >= 0.6 is 0 Å². The first-order valence-corrected chi connectivity index (χ1v) is 7.68. The molecule has 0 aliphatic carbocycles. The van der Waals surface area contributed by atoms with Crippen molar-refractivity contribution in [3.8, 4) is 0 Å². The van der Waals surface area contributed by atoms with E-state index < -0.39 is 43.9 Å². The van der Waals surface area contributed by atoms with E-state index in [9.17, 15) is 9.90 Å². The molecule has 1 fully saturated rings. The van der Waals surface area contributed by atoms with Crippen molar-refractivity contribution >= 4 is 6.09 Å². The Kier molecular flexibility index (Phi) is 4.02. The zero-order valence-electron chi connectivity index (χ0n) is 18.9. The average Bonchev–Trinajstić information content (AvgIpc) is 2.55. The highest BCUT2D eigenvalue weighted by atomic mass is 16.6. The lowest BCUT2D eigenvalue weighted by Crippen LogP contribution is -2.56. The van der Waals surface area contributed by atoms with E-state index in [1.807, 2.05) is 0 Å². The van der Waals surface area contributed by atoms with Gasteiger partial charge in [-0.3, -0.25) is 4.90 Å². The van der Waals surface area contributed by atoms with Crippen molar-refractivity contribution in [2.45, 2.75) is 45.4 Å². The van der Waals surface area contributed by atoms with E-state index in [0.717, 1.165) is 9.80 Å². The van der Waals surface area contributed by atoms with Crippen LogP contribution in [0.3, 0.4) is 0 Å². The van der Waals surface area contributed by atoms with Crippen LogP contribution in [0, 0.1) is 0 Å². The largest absolute Gasteiger partial charge is 0.444 e. The first-order chi connectivity index (χ1) is 12.7. The van der Waals surface area contributed by atoms with Gasteiger partial charge in [-0.1, -0.05) is 30.3 Å². The molecule has 5 nitrogen and oxygen atoms in total. The molecule has 1 aliphatic heterocycles. The van der Waals surface area contributed by atoms with Crippen LogP contribution in [0.2, 0.25) is 0 Å². The minimum Gasteiger partial charge on any atom is -0.444 e. The van der Waals surface area contributed by atoms with Crippen molar-refractivity contribution in [3.05, 3.63) is 35.9 Å². The summed E-state index contributed by atoms with van der Waals surface area (Å²) in [5.74, 6) is 0. The molecular weight excluding hydrogens is 292 g/mol. The molecule has 128 valence electrons. The maximum absolute atomic E-state index is 12.7. The topological polar surface area (TPSA) is 53.0 Å². The second-order valence-corrected chi connectivity index (χ2v) is 6.33. The molecule has 1 amide bonds. The van der Waals surface area contributed by atoms with Gasteiger partial charge in [-0.25, -0.2) is 4.79 Å². The molecular formula is C18H28N2O3. The van der Waals surface area contributed by atoms with Crippen LogP contribution in [-0.2, 0) is 11.3 Å². The maximum atomic E-state index is 12.7. The molecule has 1 atom stereocenters. The third-order valence-electron chi connectivity index (χ3n) is 3.16. The van der Waals surface area contributed by atoms with Gasteiger partial charge in [-0.05, 0) is 32.8 Å². The molecule has 1 aliphatic rings. The van der Waals surface area contributed by atoms with Gasteiger partial charge in [0.25, 0.3) is 0 Å². The molecule has 5 heteroatoms. The molecule has 23 heavy (non-hydrogen) atoms. The molecule has 1 saturated heterocycles. The Hall–Kier alpha value is -1.59. The Bertz CT molecular complexity index is 696. The van der Waals surface area contributed by atoms with Gasteiger partial charge < -0.3 is 14.7 Å². The Morgan fingerprint density at radius 1 is 1.43 bits per heavy atom. The van der Waals surface area contributed by atoms with Gasteiger partial charge in [0.05, 0.1) is 1.37 Å². The van der Waals surface area contributed by atoms with E-state index in [1.165, 1.54) is 0 Å². The number of hydrogen-bond donors (Lipinski definition) is 1. The number of rotatable bonds is 4. The number of carbonyl (C=O) groups excluding carboxylic acids is 1. The molecule has 2 rings (SSSR count). The van der Waals surface area contributed by atoms with Gasteiger partial charge in [0, 0.05) is 44.2 Å². The lowest BCUT2D eigenvalue weighted by Gasteiger charge is -2.41. The summed E-state index contributed by atoms with van der Waals surface area (Å²) in [6.45, 7) is -1.12. The summed E-state index contributed by atoms with van der Waals surface area (Å²) >= 11 is 0. The summed E-state index contributed by atoms with van der Waals surface area (Å²) in [6, 6.07) is 6.57. The predicted octanol–water partition coefficient (Wildman–Crippen LogP) is 2.49. The fourth-order valence-electron chi connectivity index (χ4n) is 2.16. The molecule has 1 heterocycles. The fraction of sp³-hybridized carbons (Fsp3) is 0.611. The Morgan fingerprint density at radius 2 is 2.13 bits per heavy atom. The minimum atomic E-state index is -2.59. The summed E-state index contributed by atoms with van der Waals surface area (Å²) in [6.07, 6.45) is -1.37. The van der Waals surface area contributed by atoms with E-state index >= 15 is 0 Å². The van der Waals surface area contributed by atoms with Crippen LogP contribution in [-0.4, -0.2) is 58.8 Å². The number of benzene rings is 1. The van der Waals surface area contributed by atoms with E-state index in [0.29, 0.717) is 5.56 Å². The van der Waals surface area contributed by atoms with Crippen molar-refractivity contribution in [2.75, 3.05) is 26.1 Å². The second kappa shape index (κ2) is 7.79. The molecule has 1 N–H and O–H groups in total. The van der Waals surface area contributed by atoms with Crippen LogP contribution in [0.4, 0.5) is 4.79 Å². The summed E-state index contributed by atoms with van der Waals surface area (Å²) in [4.78, 5) is 14.4. The highest BCUT2D eigenvalue weighted by Gasteiger charge is 2.32. The highest BCUT2D eigenvalue weighted by molar-refractivity contribution is 5.68. The number of aliphatic hydroxyl groups excluding tert-OH is 1. The molecule has 0 bridgehead atoms. The normalized spacial score (nSPS) is 30.4. The number of hydrogen-bond acceptors (Lipinski definition) is 4. The zero-order valence-corrected chi connectivity index (χ0v) is 13.9. The van der Waals surface area contributed by atoms with Crippen molar-refractivity contribution in [1.29, 1.82) is 0 Å². The number of carbonyl (C=O) groups is 1. The third kappa shape index (κ3) is 5.52. The zero-order chi connectivity index (χ0) is 21.4. The monoisotopic (exact) mass is 325 g/mol. The standard InChI is InChI=1S/C18H28N2O3/c1-18(2,3)23-17(22)20-11-10-19(14-16(20)9-12-21)13-15-7-5-4-6-8-15/h4-8,16,21H,9-14H2,1-3H3/i10D2,14D2,16D. The van der Waals surface area contributed by atoms with E-state index in [4.69, 9.17) is 11.6 Å². The van der Waals surface area contributed by atoms with Crippen LogP contribution in [0.15, 0.2) is 30.3 Å². The van der Waals surface area contributed by atoms with Gasteiger partial charge >= 0.3 is 6.09 Å². The predicted molar refractivity (Wildman–Crippen MR) is 90.1 cm³/mol. The lowest BCUT2D eigenvalue weighted by molar-refractivity contribution is -0.00610. The van der Waals surface area contributed by atoms with Crippen molar-refractivity contribution < 1.29 is 21.5 Å². The Balaban J connectivity index is 2.47. The molecule has 0 spiro atoms. The van der Waals surface area contributed by atoms with Gasteiger partial charge in [-0.2, -0.15) is 0 Å². The van der Waals surface area contributed by atoms with Gasteiger partial charge in [0.2, 0.25) is 0 Å². The number of ether oxygens (including phenoxy) is 1. The number of aliphatic hydroxyl groups is 1. The van der Waals surface area contributed by atoms with E-state index in [-0.39, 0.29) is 13.0 Å². The average molecular weight is 325 g/mol. The number of piperazine rings is 1. The third-order valence-corrected chi connectivity index (χ3v) is 3.16. The molecule has 1 aromatic carbocycles. The van der Waals surface area contributed by atoms with Crippen molar-refractivity contribution in [1.82, 2.24) is 9.80 Å². The maximum Gasteiger partial charge on any atom is 0.410 e. The van der Waals surface area contributed by atoms with E-state index in [2.05, 4.69) is 0 Å². The second-order valence-electron chi connectivity index (χ2n) is 6.33. The van der Waals surface area contributed by atoms with Crippen LogP contribution in [0.25, 0.3) is 0 Å². The van der Waals surface area contributed by atoms with Crippen LogP contribution in [0.1, 0.15) is 39.6 Å². The summed E-state index contributed by atoms with van der Waals surface area (Å²) < 4.78 is 48.1. The van der Waals surface area contributed by atoms with E-state index in [1.54, 1.807) is 51.1 Å². The van der Waals surface area contributed by atoms with Gasteiger partial charge in [-0.15, -0.1) is 0 Å². The van der Waals surface area contributed by atoms with Crippen LogP contribution in [0.5, 0.6) is 0 Å². The quantitative estimate of drug-likeness (QED) is 0.924. The lowest BCUT2D eigenvalue weighted by atomic mass is 10.1. The summed E-state index contributed by atoms with van der Waals surface area (Å²) in [7, 11) is 0. The fourth-order valence-corrected chi connectivity index (χ4v) is 2.16. The Labute approximate surface area is 145 Å². The summed E-state index contributed by atoms with van der Waals surface area (Å²) in [5.41, 5.74) is -0.218. The number of nitrogens with zero attached hydrogens (tertiary/aromatic N) is 2. The SMILES string of the molecule is [2H]C1([2H])CN(C(=O)OC(C)(C)C)C([2H])(CCO)C([2H])([2H])N1Cc1ccccc1. The molecule has 1 unspecified atom stereocenters. The number of amides is 1. The first-order valence-electron chi connectivity index (χ1n) is 10.2.